The summed E-state index contributed by atoms with van der Waals surface area (Å²) in [5.41, 5.74) is 5.37. The predicted octanol–water partition coefficient (Wildman–Crippen LogP) is 1.44. The van der Waals surface area contributed by atoms with Crippen molar-refractivity contribution in [3.63, 3.8) is 0 Å². The highest BCUT2D eigenvalue weighted by Crippen LogP contribution is 2.09. The van der Waals surface area contributed by atoms with Gasteiger partial charge in [-0.3, -0.25) is 5.84 Å². The molecule has 0 aromatic heterocycles. The van der Waals surface area contributed by atoms with Crippen LogP contribution in [0.4, 0.5) is 0 Å². The summed E-state index contributed by atoms with van der Waals surface area (Å²) in [5, 5.41) is 3.19. The lowest BCUT2D eigenvalue weighted by Gasteiger charge is -2.07. The molecule has 0 saturated heterocycles. The van der Waals surface area contributed by atoms with Crippen LogP contribution in [0.3, 0.4) is 0 Å². The second-order valence-electron chi connectivity index (χ2n) is 4.55. The standard InChI is InChI=1S/C13H23N3/c1-11(2)9-13-5-3-12(4-6-13)7-8-15-10-16-14/h3-6,11,15-16H,7-10,14H2,1-2H3. The number of nitrogens with one attached hydrogen (secondary N) is 2. The predicted molar refractivity (Wildman–Crippen MR) is 68.9 cm³/mol. The van der Waals surface area contributed by atoms with Crippen molar-refractivity contribution >= 4 is 0 Å². The number of nitrogens with two attached hydrogens (primary N) is 1. The smallest absolute Gasteiger partial charge is 0.0587 e. The van der Waals surface area contributed by atoms with E-state index in [4.69, 9.17) is 5.84 Å². The van der Waals surface area contributed by atoms with Crippen LogP contribution in [0.5, 0.6) is 0 Å². The lowest BCUT2D eigenvalue weighted by atomic mass is 10.0. The quantitative estimate of drug-likeness (QED) is 0.283. The molecule has 0 radical (unpaired) electrons. The Bertz CT molecular complexity index is 280. The van der Waals surface area contributed by atoms with Crippen LogP contribution in [0.25, 0.3) is 0 Å². The molecule has 0 fully saturated rings. The van der Waals surface area contributed by atoms with E-state index in [1.807, 2.05) is 0 Å². The van der Waals surface area contributed by atoms with Crippen molar-refractivity contribution in [2.24, 2.45) is 11.8 Å². The molecule has 0 spiro atoms. The molecular formula is C13H23N3. The van der Waals surface area contributed by atoms with Crippen LogP contribution < -0.4 is 16.6 Å². The van der Waals surface area contributed by atoms with Crippen molar-refractivity contribution in [3.05, 3.63) is 35.4 Å². The Morgan fingerprint density at radius 3 is 2.31 bits per heavy atom. The van der Waals surface area contributed by atoms with Crippen LogP contribution in [-0.4, -0.2) is 13.2 Å². The molecule has 16 heavy (non-hydrogen) atoms. The van der Waals surface area contributed by atoms with Crippen LogP contribution in [0.15, 0.2) is 24.3 Å². The average molecular weight is 221 g/mol. The SMILES string of the molecule is CC(C)Cc1ccc(CCNCNN)cc1. The van der Waals surface area contributed by atoms with E-state index in [0.29, 0.717) is 6.67 Å². The minimum absolute atomic E-state index is 0.658. The van der Waals surface area contributed by atoms with Gasteiger partial charge < -0.3 is 5.32 Å². The van der Waals surface area contributed by atoms with Gasteiger partial charge in [-0.2, -0.15) is 0 Å². The third-order valence-electron chi connectivity index (χ3n) is 2.48. The van der Waals surface area contributed by atoms with Gasteiger partial charge in [0.05, 0.1) is 6.67 Å². The summed E-state index contributed by atoms with van der Waals surface area (Å²) >= 11 is 0. The third-order valence-corrected chi connectivity index (χ3v) is 2.48. The van der Waals surface area contributed by atoms with Gasteiger partial charge in [-0.1, -0.05) is 38.1 Å². The molecule has 0 bridgehead atoms. The van der Waals surface area contributed by atoms with Crippen molar-refractivity contribution in [2.75, 3.05) is 13.2 Å². The molecule has 90 valence electrons. The Kier molecular flexibility index (Phi) is 6.08. The molecule has 1 rings (SSSR count). The highest BCUT2D eigenvalue weighted by atomic mass is 15.3. The maximum Gasteiger partial charge on any atom is 0.0587 e. The molecule has 4 N–H and O–H groups in total. The van der Waals surface area contributed by atoms with Crippen LogP contribution in [0.1, 0.15) is 25.0 Å². The molecular weight excluding hydrogens is 198 g/mol. The zero-order valence-electron chi connectivity index (χ0n) is 10.3. The van der Waals surface area contributed by atoms with Gasteiger partial charge in [-0.05, 0) is 29.9 Å². The first-order chi connectivity index (χ1) is 7.72. The van der Waals surface area contributed by atoms with Crippen molar-refractivity contribution in [3.8, 4) is 0 Å². The van der Waals surface area contributed by atoms with Crippen LogP contribution in [-0.2, 0) is 12.8 Å². The molecule has 0 atom stereocenters. The summed E-state index contributed by atoms with van der Waals surface area (Å²) in [7, 11) is 0. The zero-order chi connectivity index (χ0) is 11.8. The fourth-order valence-electron chi connectivity index (χ4n) is 1.71. The normalized spacial score (nSPS) is 11.0. The van der Waals surface area contributed by atoms with Gasteiger partial charge in [-0.25, -0.2) is 5.43 Å². The average Bonchev–Trinajstić information content (AvgIpc) is 2.26. The van der Waals surface area contributed by atoms with E-state index in [1.54, 1.807) is 0 Å². The summed E-state index contributed by atoms with van der Waals surface area (Å²) in [6, 6.07) is 8.90. The molecule has 3 heteroatoms. The summed E-state index contributed by atoms with van der Waals surface area (Å²) in [4.78, 5) is 0. The minimum Gasteiger partial charge on any atom is -0.303 e. The minimum atomic E-state index is 0.658. The van der Waals surface area contributed by atoms with Gasteiger partial charge in [0.15, 0.2) is 0 Å². The Labute approximate surface area is 98.4 Å². The summed E-state index contributed by atoms with van der Waals surface area (Å²) < 4.78 is 0. The van der Waals surface area contributed by atoms with Gasteiger partial charge in [0.25, 0.3) is 0 Å². The Morgan fingerprint density at radius 2 is 1.75 bits per heavy atom. The molecule has 1 aromatic rings. The number of hydrogen-bond acceptors (Lipinski definition) is 3. The number of benzene rings is 1. The topological polar surface area (TPSA) is 50.1 Å². The van der Waals surface area contributed by atoms with Crippen LogP contribution >= 0.6 is 0 Å². The van der Waals surface area contributed by atoms with Gasteiger partial charge in [-0.15, -0.1) is 0 Å². The van der Waals surface area contributed by atoms with E-state index in [-0.39, 0.29) is 0 Å². The molecule has 0 amide bonds. The highest BCUT2D eigenvalue weighted by molar-refractivity contribution is 5.23. The van der Waals surface area contributed by atoms with E-state index >= 15 is 0 Å². The molecule has 0 saturated carbocycles. The number of rotatable bonds is 7. The maximum absolute atomic E-state index is 5.16. The number of hydrazine groups is 1. The molecule has 0 aliphatic heterocycles. The summed E-state index contributed by atoms with van der Waals surface area (Å²) in [5.74, 6) is 5.89. The van der Waals surface area contributed by atoms with Crippen molar-refractivity contribution < 1.29 is 0 Å². The van der Waals surface area contributed by atoms with Gasteiger partial charge >= 0.3 is 0 Å². The fourth-order valence-corrected chi connectivity index (χ4v) is 1.71. The van der Waals surface area contributed by atoms with E-state index in [2.05, 4.69) is 48.9 Å². The molecule has 3 nitrogen and oxygen atoms in total. The third kappa shape index (κ3) is 5.26. The van der Waals surface area contributed by atoms with Crippen molar-refractivity contribution in [1.29, 1.82) is 0 Å². The molecule has 0 heterocycles. The second kappa shape index (κ2) is 7.39. The molecule has 0 aliphatic rings. The number of hydrogen-bond donors (Lipinski definition) is 3. The molecule has 0 aliphatic carbocycles. The lowest BCUT2D eigenvalue weighted by Crippen LogP contribution is -2.34. The summed E-state index contributed by atoms with van der Waals surface area (Å²) in [6.45, 7) is 6.11. The summed E-state index contributed by atoms with van der Waals surface area (Å²) in [6.07, 6.45) is 2.21. The van der Waals surface area contributed by atoms with E-state index < -0.39 is 0 Å². The first kappa shape index (κ1) is 13.2. The van der Waals surface area contributed by atoms with Crippen molar-refractivity contribution in [2.45, 2.75) is 26.7 Å². The monoisotopic (exact) mass is 221 g/mol. The lowest BCUT2D eigenvalue weighted by molar-refractivity contribution is 0.601. The van der Waals surface area contributed by atoms with E-state index in [0.717, 1.165) is 25.3 Å². The van der Waals surface area contributed by atoms with Crippen molar-refractivity contribution in [1.82, 2.24) is 10.7 Å². The van der Waals surface area contributed by atoms with Gasteiger partial charge in [0, 0.05) is 6.54 Å². The van der Waals surface area contributed by atoms with Crippen LogP contribution in [0.2, 0.25) is 0 Å². The first-order valence-corrected chi connectivity index (χ1v) is 5.94. The molecule has 1 aromatic carbocycles. The van der Waals surface area contributed by atoms with E-state index in [1.165, 1.54) is 11.1 Å². The van der Waals surface area contributed by atoms with Gasteiger partial charge in [0.1, 0.15) is 0 Å². The van der Waals surface area contributed by atoms with Crippen LogP contribution in [0, 0.1) is 5.92 Å². The Hall–Kier alpha value is -0.900. The van der Waals surface area contributed by atoms with Gasteiger partial charge in [0.2, 0.25) is 0 Å². The first-order valence-electron chi connectivity index (χ1n) is 5.94. The highest BCUT2D eigenvalue weighted by Gasteiger charge is 1.98. The molecule has 0 unspecified atom stereocenters. The largest absolute Gasteiger partial charge is 0.303 e. The Balaban J connectivity index is 2.33. The fraction of sp³-hybridized carbons (Fsp3) is 0.538. The second-order valence-corrected chi connectivity index (χ2v) is 4.55. The maximum atomic E-state index is 5.16. The zero-order valence-corrected chi connectivity index (χ0v) is 10.3. The van der Waals surface area contributed by atoms with E-state index in [9.17, 15) is 0 Å². The Morgan fingerprint density at radius 1 is 1.12 bits per heavy atom.